The van der Waals surface area contributed by atoms with Crippen LogP contribution in [0.15, 0.2) is 41.3 Å². The second-order valence-corrected chi connectivity index (χ2v) is 3.98. The minimum absolute atomic E-state index is 0.125. The van der Waals surface area contributed by atoms with Crippen LogP contribution in [0, 0.1) is 6.92 Å². The van der Waals surface area contributed by atoms with Gasteiger partial charge in [-0.3, -0.25) is 4.79 Å². The lowest BCUT2D eigenvalue weighted by molar-refractivity contribution is 0.289. The molecule has 94 valence electrons. The van der Waals surface area contributed by atoms with Gasteiger partial charge in [-0.05, 0) is 24.6 Å². The van der Waals surface area contributed by atoms with Crippen LogP contribution < -0.4 is 16.0 Å². The molecule has 18 heavy (non-hydrogen) atoms. The Morgan fingerprint density at radius 2 is 2.17 bits per heavy atom. The SMILES string of the molecule is Cc1cnn(CCOc2ccccc2N)c(=O)c1. The molecule has 2 aromatic rings. The van der Waals surface area contributed by atoms with E-state index >= 15 is 0 Å². The number of nitrogens with zero attached hydrogens (tertiary/aromatic N) is 2. The van der Waals surface area contributed by atoms with Crippen molar-refractivity contribution in [2.45, 2.75) is 13.5 Å². The van der Waals surface area contributed by atoms with Gasteiger partial charge < -0.3 is 10.5 Å². The molecule has 0 saturated carbocycles. The Labute approximate surface area is 105 Å². The Morgan fingerprint density at radius 1 is 1.39 bits per heavy atom. The highest BCUT2D eigenvalue weighted by molar-refractivity contribution is 5.51. The summed E-state index contributed by atoms with van der Waals surface area (Å²) in [5, 5.41) is 4.02. The highest BCUT2D eigenvalue weighted by Crippen LogP contribution is 2.19. The van der Waals surface area contributed by atoms with Crippen LogP contribution in [0.4, 0.5) is 5.69 Å². The van der Waals surface area contributed by atoms with Crippen LogP contribution in [0.25, 0.3) is 0 Å². The monoisotopic (exact) mass is 245 g/mol. The molecule has 2 N–H and O–H groups in total. The van der Waals surface area contributed by atoms with Crippen molar-refractivity contribution in [3.05, 3.63) is 52.4 Å². The number of para-hydroxylation sites is 2. The van der Waals surface area contributed by atoms with E-state index in [1.165, 1.54) is 4.68 Å². The Hall–Kier alpha value is -2.30. The maximum Gasteiger partial charge on any atom is 0.267 e. The standard InChI is InChI=1S/C13H15N3O2/c1-10-8-13(17)16(15-9-10)6-7-18-12-5-3-2-4-11(12)14/h2-5,8-9H,6-7,14H2,1H3. The van der Waals surface area contributed by atoms with Gasteiger partial charge in [-0.2, -0.15) is 5.10 Å². The maximum atomic E-state index is 11.6. The Balaban J connectivity index is 1.97. The molecule has 1 aromatic heterocycles. The molecule has 0 amide bonds. The lowest BCUT2D eigenvalue weighted by Gasteiger charge is -2.09. The van der Waals surface area contributed by atoms with Gasteiger partial charge >= 0.3 is 0 Å². The molecule has 0 radical (unpaired) electrons. The van der Waals surface area contributed by atoms with Crippen molar-refractivity contribution in [2.24, 2.45) is 0 Å². The van der Waals surface area contributed by atoms with Gasteiger partial charge in [0.25, 0.3) is 5.56 Å². The van der Waals surface area contributed by atoms with Gasteiger partial charge in [-0.25, -0.2) is 4.68 Å². The van der Waals surface area contributed by atoms with E-state index in [9.17, 15) is 4.79 Å². The van der Waals surface area contributed by atoms with E-state index in [1.807, 2.05) is 19.1 Å². The van der Waals surface area contributed by atoms with E-state index in [0.717, 1.165) is 5.56 Å². The molecule has 0 bridgehead atoms. The fraction of sp³-hybridized carbons (Fsp3) is 0.231. The Kier molecular flexibility index (Phi) is 3.62. The molecule has 0 aliphatic heterocycles. The lowest BCUT2D eigenvalue weighted by Crippen LogP contribution is -2.25. The molecule has 1 aromatic carbocycles. The zero-order valence-electron chi connectivity index (χ0n) is 10.2. The fourth-order valence-electron chi connectivity index (χ4n) is 1.55. The first-order valence-corrected chi connectivity index (χ1v) is 5.68. The molecule has 0 aliphatic rings. The van der Waals surface area contributed by atoms with E-state index in [0.29, 0.717) is 24.6 Å². The smallest absolute Gasteiger partial charge is 0.267 e. The normalized spacial score (nSPS) is 10.3. The van der Waals surface area contributed by atoms with Crippen molar-refractivity contribution in [1.82, 2.24) is 9.78 Å². The van der Waals surface area contributed by atoms with Crippen LogP contribution in [0.2, 0.25) is 0 Å². The minimum Gasteiger partial charge on any atom is -0.489 e. The van der Waals surface area contributed by atoms with Crippen molar-refractivity contribution in [1.29, 1.82) is 0 Å². The van der Waals surface area contributed by atoms with E-state index in [-0.39, 0.29) is 5.56 Å². The van der Waals surface area contributed by atoms with Gasteiger partial charge in [0.1, 0.15) is 12.4 Å². The molecule has 1 heterocycles. The summed E-state index contributed by atoms with van der Waals surface area (Å²) in [6.45, 7) is 2.58. The van der Waals surface area contributed by atoms with Gasteiger partial charge in [0.15, 0.2) is 0 Å². The van der Waals surface area contributed by atoms with Crippen LogP contribution in [0.3, 0.4) is 0 Å². The fourth-order valence-corrected chi connectivity index (χ4v) is 1.55. The summed E-state index contributed by atoms with van der Waals surface area (Å²) in [4.78, 5) is 11.6. The second kappa shape index (κ2) is 5.35. The number of hydrogen-bond donors (Lipinski definition) is 1. The number of aromatic nitrogens is 2. The van der Waals surface area contributed by atoms with E-state index in [1.54, 1.807) is 24.4 Å². The van der Waals surface area contributed by atoms with Crippen LogP contribution in [-0.2, 0) is 6.54 Å². The zero-order valence-corrected chi connectivity index (χ0v) is 10.2. The predicted molar refractivity (Wildman–Crippen MR) is 69.6 cm³/mol. The number of aryl methyl sites for hydroxylation is 1. The van der Waals surface area contributed by atoms with Crippen LogP contribution in [0.5, 0.6) is 5.75 Å². The third kappa shape index (κ3) is 2.88. The number of benzene rings is 1. The Bertz CT molecular complexity index is 593. The number of anilines is 1. The number of rotatable bonds is 4. The molecule has 5 nitrogen and oxygen atoms in total. The first-order chi connectivity index (χ1) is 8.66. The van der Waals surface area contributed by atoms with Gasteiger partial charge in [0.2, 0.25) is 0 Å². The van der Waals surface area contributed by atoms with E-state index < -0.39 is 0 Å². The number of hydrogen-bond acceptors (Lipinski definition) is 4. The van der Waals surface area contributed by atoms with Crippen molar-refractivity contribution in [2.75, 3.05) is 12.3 Å². The predicted octanol–water partition coefficient (Wildman–Crippen LogP) is 1.21. The first kappa shape index (κ1) is 12.2. The zero-order chi connectivity index (χ0) is 13.0. The van der Waals surface area contributed by atoms with Gasteiger partial charge in [0, 0.05) is 6.07 Å². The van der Waals surface area contributed by atoms with Gasteiger partial charge in [-0.1, -0.05) is 12.1 Å². The average molecular weight is 245 g/mol. The molecular formula is C13H15N3O2. The van der Waals surface area contributed by atoms with Crippen molar-refractivity contribution >= 4 is 5.69 Å². The minimum atomic E-state index is -0.125. The highest BCUT2D eigenvalue weighted by Gasteiger charge is 2.00. The molecule has 0 aliphatic carbocycles. The molecule has 0 spiro atoms. The van der Waals surface area contributed by atoms with E-state index in [4.69, 9.17) is 10.5 Å². The molecule has 0 saturated heterocycles. The van der Waals surface area contributed by atoms with Gasteiger partial charge in [0.05, 0.1) is 18.4 Å². The topological polar surface area (TPSA) is 70.1 Å². The summed E-state index contributed by atoms with van der Waals surface area (Å²) in [6.07, 6.45) is 1.65. The van der Waals surface area contributed by atoms with Crippen LogP contribution in [-0.4, -0.2) is 16.4 Å². The third-order valence-electron chi connectivity index (χ3n) is 2.49. The molecule has 0 fully saturated rings. The summed E-state index contributed by atoms with van der Waals surface area (Å²) in [7, 11) is 0. The molecule has 0 unspecified atom stereocenters. The number of ether oxygens (including phenoxy) is 1. The summed E-state index contributed by atoms with van der Waals surface area (Å²) < 4.78 is 6.87. The lowest BCUT2D eigenvalue weighted by atomic mass is 10.3. The number of nitrogen functional groups attached to an aromatic ring is 1. The summed E-state index contributed by atoms with van der Waals surface area (Å²) in [5.41, 5.74) is 7.05. The first-order valence-electron chi connectivity index (χ1n) is 5.68. The second-order valence-electron chi connectivity index (χ2n) is 3.98. The highest BCUT2D eigenvalue weighted by atomic mass is 16.5. The molecular weight excluding hydrogens is 230 g/mol. The van der Waals surface area contributed by atoms with Crippen molar-refractivity contribution in [3.8, 4) is 5.75 Å². The van der Waals surface area contributed by atoms with E-state index in [2.05, 4.69) is 5.10 Å². The average Bonchev–Trinajstić information content (AvgIpc) is 2.34. The summed E-state index contributed by atoms with van der Waals surface area (Å²) in [5.74, 6) is 0.623. The molecule has 0 atom stereocenters. The molecule has 2 rings (SSSR count). The van der Waals surface area contributed by atoms with Crippen LogP contribution in [0.1, 0.15) is 5.56 Å². The van der Waals surface area contributed by atoms with Crippen LogP contribution >= 0.6 is 0 Å². The van der Waals surface area contributed by atoms with Crippen molar-refractivity contribution in [3.63, 3.8) is 0 Å². The molecule has 5 heteroatoms. The summed E-state index contributed by atoms with van der Waals surface area (Å²) in [6, 6.07) is 8.80. The summed E-state index contributed by atoms with van der Waals surface area (Å²) >= 11 is 0. The largest absolute Gasteiger partial charge is 0.489 e. The van der Waals surface area contributed by atoms with Crippen molar-refractivity contribution < 1.29 is 4.74 Å². The Morgan fingerprint density at radius 3 is 2.89 bits per heavy atom. The van der Waals surface area contributed by atoms with Gasteiger partial charge in [-0.15, -0.1) is 0 Å². The maximum absolute atomic E-state index is 11.6. The third-order valence-corrected chi connectivity index (χ3v) is 2.49. The number of nitrogens with two attached hydrogens (primary N) is 1. The quantitative estimate of drug-likeness (QED) is 0.822.